The molecule has 0 radical (unpaired) electrons. The zero-order chi connectivity index (χ0) is 45.2. The highest BCUT2D eigenvalue weighted by atomic mass is 15.1. The average molecular weight is 867 g/mol. The Balaban J connectivity index is 0.999. The van der Waals surface area contributed by atoms with Gasteiger partial charge in [-0.3, -0.25) is 0 Å². The zero-order valence-corrected chi connectivity index (χ0v) is 37.5. The first kappa shape index (κ1) is 40.6. The molecule has 0 aliphatic heterocycles. The summed E-state index contributed by atoms with van der Waals surface area (Å²) < 4.78 is 2.39. The van der Waals surface area contributed by atoms with Crippen molar-refractivity contribution in [2.45, 2.75) is 6.42 Å². The maximum atomic E-state index is 3.23. The predicted octanol–water partition coefficient (Wildman–Crippen LogP) is 18.1. The molecule has 12 rings (SSSR count). The first-order chi connectivity index (χ1) is 33.7. The van der Waals surface area contributed by atoms with Crippen LogP contribution in [0.4, 0.5) is 17.1 Å². The molecule has 2 nitrogen and oxygen atoms in total. The van der Waals surface area contributed by atoms with E-state index in [2.05, 4.69) is 276 Å². The van der Waals surface area contributed by atoms with Crippen molar-refractivity contribution in [3.8, 4) is 61.3 Å². The fraction of sp³-hybridized carbons (Fsp3) is 0.0152. The zero-order valence-electron chi connectivity index (χ0n) is 37.5. The largest absolute Gasteiger partial charge is 0.310 e. The van der Waals surface area contributed by atoms with E-state index in [-0.39, 0.29) is 0 Å². The second-order valence-corrected chi connectivity index (χ2v) is 17.4. The van der Waals surface area contributed by atoms with Crippen LogP contribution in [0.25, 0.3) is 88.7 Å². The number of hydrogen-bond acceptors (Lipinski definition) is 1. The molecule has 1 heterocycles. The van der Waals surface area contributed by atoms with Gasteiger partial charge >= 0.3 is 0 Å². The van der Waals surface area contributed by atoms with Gasteiger partial charge in [-0.1, -0.05) is 182 Å². The topological polar surface area (TPSA) is 8.17 Å². The molecule has 0 amide bonds. The Morgan fingerprint density at radius 3 is 1.62 bits per heavy atom. The lowest BCUT2D eigenvalue weighted by Crippen LogP contribution is -2.10. The van der Waals surface area contributed by atoms with E-state index in [1.54, 1.807) is 0 Å². The molecule has 0 unspecified atom stereocenters. The Labute approximate surface area is 398 Å². The van der Waals surface area contributed by atoms with Crippen LogP contribution in [0.15, 0.2) is 273 Å². The quantitative estimate of drug-likeness (QED) is 0.124. The van der Waals surface area contributed by atoms with Crippen LogP contribution in [0.3, 0.4) is 0 Å². The molecule has 1 aliphatic rings. The maximum Gasteiger partial charge on any atom is 0.0547 e. The van der Waals surface area contributed by atoms with Crippen molar-refractivity contribution in [1.29, 1.82) is 0 Å². The molecule has 0 saturated heterocycles. The molecule has 10 aromatic carbocycles. The number of nitrogens with zero attached hydrogens (tertiary/aromatic N) is 2. The van der Waals surface area contributed by atoms with Crippen molar-refractivity contribution in [3.05, 3.63) is 278 Å². The van der Waals surface area contributed by atoms with Gasteiger partial charge in [0.25, 0.3) is 0 Å². The summed E-state index contributed by atoms with van der Waals surface area (Å²) in [5.41, 5.74) is 24.3. The van der Waals surface area contributed by atoms with E-state index in [0.29, 0.717) is 0 Å². The minimum absolute atomic E-state index is 0.870. The number of fused-ring (bicyclic) bond motifs is 3. The molecule has 0 N–H and O–H groups in total. The van der Waals surface area contributed by atoms with E-state index in [9.17, 15) is 0 Å². The Morgan fingerprint density at radius 1 is 0.353 bits per heavy atom. The van der Waals surface area contributed by atoms with Crippen molar-refractivity contribution in [1.82, 2.24) is 4.57 Å². The molecule has 320 valence electrons. The number of anilines is 3. The standard InChI is InChI=1S/C66H46N2/c1-5-20-47(21-6-1)54-43-55(48-22-7-2-8-23-48)46-59(45-54)67(57-40-38-50(39-41-57)61-33-14-13-32-60(61)49-24-9-3-10-25-49)58-31-18-27-52(44-58)51-26-17-28-53(42-51)62-35-19-37-65-66(62)63-34-15-16-36-64(63)68(65)56-29-11-4-12-30-56/h1-2,4-24,26-46H,25H2. The minimum Gasteiger partial charge on any atom is -0.310 e. The third-order valence-electron chi connectivity index (χ3n) is 13.2. The molecule has 68 heavy (non-hydrogen) atoms. The number of aromatic nitrogens is 1. The third kappa shape index (κ3) is 7.65. The normalized spacial score (nSPS) is 12.1. The second-order valence-electron chi connectivity index (χ2n) is 17.4. The lowest BCUT2D eigenvalue weighted by molar-refractivity contribution is 1.18. The number of rotatable bonds is 10. The van der Waals surface area contributed by atoms with Gasteiger partial charge in [0.05, 0.1) is 11.0 Å². The second kappa shape index (κ2) is 17.8. The number of para-hydroxylation sites is 2. The summed E-state index contributed by atoms with van der Waals surface area (Å²) in [5.74, 6) is 0. The highest BCUT2D eigenvalue weighted by molar-refractivity contribution is 6.16. The molecular weight excluding hydrogens is 821 g/mol. The van der Waals surface area contributed by atoms with Crippen molar-refractivity contribution < 1.29 is 0 Å². The molecule has 0 bridgehead atoms. The average Bonchev–Trinajstić information content (AvgIpc) is 3.77. The van der Waals surface area contributed by atoms with Crippen LogP contribution in [-0.4, -0.2) is 4.57 Å². The first-order valence-electron chi connectivity index (χ1n) is 23.4. The van der Waals surface area contributed by atoms with Gasteiger partial charge in [0.1, 0.15) is 0 Å². The van der Waals surface area contributed by atoms with Crippen molar-refractivity contribution in [2.75, 3.05) is 4.90 Å². The predicted molar refractivity (Wildman–Crippen MR) is 288 cm³/mol. The SMILES string of the molecule is C1=CC=C(c2ccccc2-c2ccc(N(c3cccc(-c4cccc(-c5cccc6c5c5ccccc5n6-c5ccccc5)c4)c3)c3cc(-c4ccccc4)cc(-c4ccccc4)c3)cc2)CC=1. The van der Waals surface area contributed by atoms with Gasteiger partial charge in [-0.15, -0.1) is 5.73 Å². The molecule has 0 atom stereocenters. The van der Waals surface area contributed by atoms with Crippen LogP contribution >= 0.6 is 0 Å². The lowest BCUT2D eigenvalue weighted by Gasteiger charge is -2.28. The summed E-state index contributed by atoms with van der Waals surface area (Å²) >= 11 is 0. The van der Waals surface area contributed by atoms with Gasteiger partial charge < -0.3 is 9.47 Å². The van der Waals surface area contributed by atoms with Crippen LogP contribution in [0.2, 0.25) is 0 Å². The van der Waals surface area contributed by atoms with Crippen LogP contribution in [0, 0.1) is 0 Å². The van der Waals surface area contributed by atoms with Crippen molar-refractivity contribution in [2.24, 2.45) is 0 Å². The summed E-state index contributed by atoms with van der Waals surface area (Å²) in [6.07, 6.45) is 7.18. The van der Waals surface area contributed by atoms with E-state index < -0.39 is 0 Å². The summed E-state index contributed by atoms with van der Waals surface area (Å²) in [6.45, 7) is 0. The van der Waals surface area contributed by atoms with E-state index >= 15 is 0 Å². The Hall–Kier alpha value is -8.94. The molecule has 0 saturated carbocycles. The van der Waals surface area contributed by atoms with E-state index in [0.717, 1.165) is 51.4 Å². The monoisotopic (exact) mass is 866 g/mol. The van der Waals surface area contributed by atoms with E-state index in [4.69, 9.17) is 0 Å². The number of benzene rings is 10. The molecule has 11 aromatic rings. The molecule has 0 fully saturated rings. The molecule has 0 spiro atoms. The van der Waals surface area contributed by atoms with Gasteiger partial charge in [0, 0.05) is 33.5 Å². The minimum atomic E-state index is 0.870. The van der Waals surface area contributed by atoms with Gasteiger partial charge in [-0.05, 0) is 158 Å². The highest BCUT2D eigenvalue weighted by Gasteiger charge is 2.20. The van der Waals surface area contributed by atoms with Crippen molar-refractivity contribution in [3.63, 3.8) is 0 Å². The van der Waals surface area contributed by atoms with Crippen LogP contribution < -0.4 is 4.90 Å². The van der Waals surface area contributed by atoms with Crippen LogP contribution in [0.5, 0.6) is 0 Å². The fourth-order valence-corrected chi connectivity index (χ4v) is 10.0. The molecule has 1 aromatic heterocycles. The van der Waals surface area contributed by atoms with Gasteiger partial charge in [-0.2, -0.15) is 0 Å². The highest BCUT2D eigenvalue weighted by Crippen LogP contribution is 2.44. The summed E-state index contributed by atoms with van der Waals surface area (Å²) in [5, 5.41) is 2.50. The smallest absolute Gasteiger partial charge is 0.0547 e. The Bertz CT molecular complexity index is 3660. The van der Waals surface area contributed by atoms with Gasteiger partial charge in [0.2, 0.25) is 0 Å². The number of hydrogen-bond donors (Lipinski definition) is 0. The Kier molecular flexibility index (Phi) is 10.6. The third-order valence-corrected chi connectivity index (χ3v) is 13.2. The molecular formula is C66H46N2. The van der Waals surface area contributed by atoms with E-state index in [1.165, 1.54) is 66.3 Å². The summed E-state index contributed by atoms with van der Waals surface area (Å²) in [4.78, 5) is 2.42. The van der Waals surface area contributed by atoms with E-state index in [1.807, 2.05) is 6.08 Å². The summed E-state index contributed by atoms with van der Waals surface area (Å²) in [7, 11) is 0. The number of allylic oxidation sites excluding steroid dienone is 3. The van der Waals surface area contributed by atoms with Gasteiger partial charge in [0.15, 0.2) is 0 Å². The fourth-order valence-electron chi connectivity index (χ4n) is 10.0. The van der Waals surface area contributed by atoms with Crippen LogP contribution in [-0.2, 0) is 0 Å². The Morgan fingerprint density at radius 2 is 0.897 bits per heavy atom. The lowest BCUT2D eigenvalue weighted by atomic mass is 9.91. The van der Waals surface area contributed by atoms with Crippen LogP contribution in [0.1, 0.15) is 12.0 Å². The molecule has 1 aliphatic carbocycles. The van der Waals surface area contributed by atoms with Crippen molar-refractivity contribution >= 4 is 44.4 Å². The van der Waals surface area contributed by atoms with Gasteiger partial charge in [-0.25, -0.2) is 0 Å². The first-order valence-corrected chi connectivity index (χ1v) is 23.4. The maximum absolute atomic E-state index is 3.23. The molecule has 2 heteroatoms. The summed E-state index contributed by atoms with van der Waals surface area (Å²) in [6, 6.07) is 90.5.